The number of ether oxygens (including phenoxy) is 2. The summed E-state index contributed by atoms with van der Waals surface area (Å²) in [6, 6.07) is 7.98. The van der Waals surface area contributed by atoms with Gasteiger partial charge in [0.2, 0.25) is 0 Å². The molecule has 0 unspecified atom stereocenters. The van der Waals surface area contributed by atoms with Crippen molar-refractivity contribution in [2.24, 2.45) is 0 Å². The molecular formula is C31H42FNO4. The van der Waals surface area contributed by atoms with Crippen molar-refractivity contribution in [2.75, 3.05) is 18.5 Å². The number of fused-ring (bicyclic) bond motifs is 1. The Kier molecular flexibility index (Phi) is 9.38. The molecule has 1 aliphatic rings. The minimum atomic E-state index is -0.742. The lowest BCUT2D eigenvalue weighted by atomic mass is 9.63. The number of carbonyl (C=O) groups is 2. The van der Waals surface area contributed by atoms with Gasteiger partial charge in [-0.2, -0.15) is 0 Å². The van der Waals surface area contributed by atoms with Crippen LogP contribution in [-0.4, -0.2) is 25.1 Å². The van der Waals surface area contributed by atoms with E-state index in [1.165, 1.54) is 37.0 Å². The van der Waals surface area contributed by atoms with Crippen LogP contribution in [0.4, 0.5) is 10.1 Å². The normalized spacial score (nSPS) is 15.5. The molecule has 0 radical (unpaired) electrons. The maximum Gasteiger partial charge on any atom is 0.341 e. The average molecular weight is 512 g/mol. The molecule has 0 saturated carbocycles. The van der Waals surface area contributed by atoms with E-state index in [0.29, 0.717) is 17.9 Å². The Morgan fingerprint density at radius 1 is 0.892 bits per heavy atom. The number of esters is 1. The Labute approximate surface area is 221 Å². The first-order valence-electron chi connectivity index (χ1n) is 13.6. The van der Waals surface area contributed by atoms with E-state index in [4.69, 9.17) is 9.47 Å². The van der Waals surface area contributed by atoms with E-state index in [2.05, 4.69) is 39.9 Å². The highest BCUT2D eigenvalue weighted by molar-refractivity contribution is 6.06. The van der Waals surface area contributed by atoms with E-state index in [9.17, 15) is 14.0 Å². The lowest BCUT2D eigenvalue weighted by Gasteiger charge is -2.42. The highest BCUT2D eigenvalue weighted by atomic mass is 19.1. The Balaban J connectivity index is 1.91. The van der Waals surface area contributed by atoms with Crippen molar-refractivity contribution in [3.8, 4) is 5.75 Å². The number of anilines is 1. The Bertz CT molecular complexity index is 1120. The summed E-state index contributed by atoms with van der Waals surface area (Å²) in [5.41, 5.74) is 2.80. The summed E-state index contributed by atoms with van der Waals surface area (Å²) in [6.07, 6.45) is 7.65. The van der Waals surface area contributed by atoms with Crippen molar-refractivity contribution in [1.29, 1.82) is 0 Å². The molecular weight excluding hydrogens is 469 g/mol. The zero-order chi connectivity index (χ0) is 27.2. The first-order chi connectivity index (χ1) is 17.5. The Morgan fingerprint density at radius 2 is 1.54 bits per heavy atom. The van der Waals surface area contributed by atoms with Crippen molar-refractivity contribution >= 4 is 17.6 Å². The van der Waals surface area contributed by atoms with E-state index in [1.807, 2.05) is 12.1 Å². The van der Waals surface area contributed by atoms with Crippen LogP contribution >= 0.6 is 0 Å². The van der Waals surface area contributed by atoms with E-state index >= 15 is 0 Å². The molecule has 1 aliphatic carbocycles. The highest BCUT2D eigenvalue weighted by Crippen LogP contribution is 2.47. The molecule has 0 atom stereocenters. The van der Waals surface area contributed by atoms with Gasteiger partial charge in [-0.3, -0.25) is 4.79 Å². The minimum absolute atomic E-state index is 0.0227. The third-order valence-electron chi connectivity index (χ3n) is 7.43. The second kappa shape index (κ2) is 12.1. The van der Waals surface area contributed by atoms with Crippen LogP contribution in [0.25, 0.3) is 0 Å². The first kappa shape index (κ1) is 28.7. The SMILES string of the molecule is CCCCCCCOc1cc2c(cc1C(=O)Nc1ccc(C(=O)OCC)c(F)c1)C(C)(C)CCC2(C)C. The summed E-state index contributed by atoms with van der Waals surface area (Å²) in [5.74, 6) is -1.28. The molecule has 1 N–H and O–H groups in total. The number of amides is 1. The topological polar surface area (TPSA) is 64.6 Å². The van der Waals surface area contributed by atoms with Gasteiger partial charge in [0.05, 0.1) is 24.3 Å². The van der Waals surface area contributed by atoms with Crippen molar-refractivity contribution < 1.29 is 23.5 Å². The second-order valence-corrected chi connectivity index (χ2v) is 11.3. The second-order valence-electron chi connectivity index (χ2n) is 11.3. The van der Waals surface area contributed by atoms with Gasteiger partial charge in [0, 0.05) is 5.69 Å². The van der Waals surface area contributed by atoms with Crippen LogP contribution in [-0.2, 0) is 15.6 Å². The molecule has 2 aromatic carbocycles. The van der Waals surface area contributed by atoms with Crippen molar-refractivity contribution in [3.05, 3.63) is 58.4 Å². The first-order valence-corrected chi connectivity index (χ1v) is 13.6. The lowest BCUT2D eigenvalue weighted by molar-refractivity contribution is 0.0521. The summed E-state index contributed by atoms with van der Waals surface area (Å²) in [7, 11) is 0. The van der Waals surface area contributed by atoms with Crippen LogP contribution in [0.1, 0.15) is 118 Å². The van der Waals surface area contributed by atoms with E-state index < -0.39 is 11.8 Å². The summed E-state index contributed by atoms with van der Waals surface area (Å²) in [5, 5.41) is 2.80. The van der Waals surface area contributed by atoms with Crippen molar-refractivity contribution in [2.45, 2.75) is 97.3 Å². The fraction of sp³-hybridized carbons (Fsp3) is 0.548. The number of nitrogens with one attached hydrogen (secondary N) is 1. The van der Waals surface area contributed by atoms with Crippen LogP contribution in [0, 0.1) is 5.82 Å². The average Bonchev–Trinajstić information content (AvgIpc) is 2.84. The number of benzene rings is 2. The molecule has 5 nitrogen and oxygen atoms in total. The van der Waals surface area contributed by atoms with Crippen molar-refractivity contribution in [3.63, 3.8) is 0 Å². The fourth-order valence-electron chi connectivity index (χ4n) is 4.94. The predicted molar refractivity (Wildman–Crippen MR) is 146 cm³/mol. The molecule has 1 amide bonds. The highest BCUT2D eigenvalue weighted by Gasteiger charge is 2.38. The molecule has 0 aliphatic heterocycles. The lowest BCUT2D eigenvalue weighted by Crippen LogP contribution is -2.34. The summed E-state index contributed by atoms with van der Waals surface area (Å²) < 4.78 is 25.7. The maximum atomic E-state index is 14.6. The maximum absolute atomic E-state index is 14.6. The van der Waals surface area contributed by atoms with Crippen LogP contribution in [0.2, 0.25) is 0 Å². The zero-order valence-electron chi connectivity index (χ0n) is 23.3. The molecule has 202 valence electrons. The third-order valence-corrected chi connectivity index (χ3v) is 7.43. The van der Waals surface area contributed by atoms with Crippen molar-refractivity contribution in [1.82, 2.24) is 0 Å². The smallest absolute Gasteiger partial charge is 0.341 e. The monoisotopic (exact) mass is 511 g/mol. The predicted octanol–water partition coefficient (Wildman–Crippen LogP) is 7.95. The molecule has 0 heterocycles. The molecule has 6 heteroatoms. The fourth-order valence-corrected chi connectivity index (χ4v) is 4.94. The van der Waals surface area contributed by atoms with E-state index in [1.54, 1.807) is 6.92 Å². The number of hydrogen-bond donors (Lipinski definition) is 1. The van der Waals surface area contributed by atoms with Gasteiger partial charge in [0.15, 0.2) is 0 Å². The quantitative estimate of drug-likeness (QED) is 0.246. The molecule has 2 aromatic rings. The summed E-state index contributed by atoms with van der Waals surface area (Å²) in [4.78, 5) is 25.4. The largest absolute Gasteiger partial charge is 0.493 e. The molecule has 0 bridgehead atoms. The molecule has 0 fully saturated rings. The van der Waals surface area contributed by atoms with Gasteiger partial charge in [-0.25, -0.2) is 9.18 Å². The molecule has 0 saturated heterocycles. The van der Waals surface area contributed by atoms with Gasteiger partial charge in [-0.15, -0.1) is 0 Å². The number of carbonyl (C=O) groups excluding carboxylic acids is 2. The van der Waals surface area contributed by atoms with Gasteiger partial charge >= 0.3 is 5.97 Å². The summed E-state index contributed by atoms with van der Waals surface area (Å²) in [6.45, 7) is 13.4. The van der Waals surface area contributed by atoms with Gasteiger partial charge in [0.1, 0.15) is 11.6 Å². The Morgan fingerprint density at radius 3 is 2.16 bits per heavy atom. The molecule has 3 rings (SSSR count). The van der Waals surface area contributed by atoms with Crippen LogP contribution in [0.3, 0.4) is 0 Å². The molecule has 37 heavy (non-hydrogen) atoms. The van der Waals surface area contributed by atoms with Gasteiger partial charge in [0.25, 0.3) is 5.91 Å². The Hall–Kier alpha value is -2.89. The van der Waals surface area contributed by atoms with E-state index in [0.717, 1.165) is 37.3 Å². The van der Waals surface area contributed by atoms with E-state index in [-0.39, 0.29) is 34.6 Å². The summed E-state index contributed by atoms with van der Waals surface area (Å²) >= 11 is 0. The standard InChI is InChI=1S/C31H42FNO4/c1-7-9-10-11-12-17-37-27-20-25-24(30(3,4)15-16-31(25,5)6)19-23(27)28(34)33-21-13-14-22(26(32)18-21)29(35)36-8-2/h13-14,18-20H,7-12,15-17H2,1-6H3,(H,33,34). The third kappa shape index (κ3) is 6.91. The molecule has 0 spiro atoms. The minimum Gasteiger partial charge on any atom is -0.493 e. The number of unbranched alkanes of at least 4 members (excludes halogenated alkanes) is 4. The molecule has 0 aromatic heterocycles. The van der Waals surface area contributed by atoms with Crippen LogP contribution in [0.15, 0.2) is 30.3 Å². The number of rotatable bonds is 11. The van der Waals surface area contributed by atoms with Crippen LogP contribution < -0.4 is 10.1 Å². The van der Waals surface area contributed by atoms with Gasteiger partial charge in [-0.05, 0) is 78.5 Å². The van der Waals surface area contributed by atoms with Gasteiger partial charge < -0.3 is 14.8 Å². The van der Waals surface area contributed by atoms with Crippen LogP contribution in [0.5, 0.6) is 5.75 Å². The zero-order valence-corrected chi connectivity index (χ0v) is 23.3. The van der Waals surface area contributed by atoms with Gasteiger partial charge in [-0.1, -0.05) is 60.3 Å². The number of halogens is 1. The number of hydrogen-bond acceptors (Lipinski definition) is 4.